The second kappa shape index (κ2) is 7.38. The molecule has 2 aromatic rings. The number of hydrogen-bond acceptors (Lipinski definition) is 5. The van der Waals surface area contributed by atoms with Gasteiger partial charge in [-0.05, 0) is 43.1 Å². The van der Waals surface area contributed by atoms with Crippen LogP contribution in [-0.4, -0.2) is 54.3 Å². The first-order chi connectivity index (χ1) is 11.6. The second-order valence-electron chi connectivity index (χ2n) is 6.26. The normalized spacial score (nSPS) is 19.0. The van der Waals surface area contributed by atoms with Gasteiger partial charge in [0, 0.05) is 51.0 Å². The summed E-state index contributed by atoms with van der Waals surface area (Å²) in [5.74, 6) is 0.345. The van der Waals surface area contributed by atoms with Gasteiger partial charge < -0.3 is 4.90 Å². The monoisotopic (exact) mass is 346 g/mol. The van der Waals surface area contributed by atoms with Crippen LogP contribution in [0, 0.1) is 5.92 Å². The molecule has 2 aromatic heterocycles. The zero-order valence-corrected chi connectivity index (χ0v) is 14.6. The molecule has 1 atom stereocenters. The maximum atomic E-state index is 12.6. The van der Waals surface area contributed by atoms with Gasteiger partial charge in [-0.3, -0.25) is 9.97 Å². The zero-order chi connectivity index (χ0) is 17.0. The van der Waals surface area contributed by atoms with Crippen LogP contribution < -0.4 is 0 Å². The van der Waals surface area contributed by atoms with Gasteiger partial charge in [0.15, 0.2) is 0 Å². The predicted octanol–water partition coefficient (Wildman–Crippen LogP) is 1.62. The predicted molar refractivity (Wildman–Crippen MR) is 91.7 cm³/mol. The summed E-state index contributed by atoms with van der Waals surface area (Å²) in [6.07, 6.45) is 7.51. The Hall–Kier alpha value is -1.83. The number of rotatable bonds is 6. The molecule has 0 bridgehead atoms. The van der Waals surface area contributed by atoms with Gasteiger partial charge in [0.05, 0.1) is 0 Å². The van der Waals surface area contributed by atoms with E-state index in [9.17, 15) is 8.42 Å². The standard InChI is InChI=1S/C17H22N4O2S/c1-20(12-15-4-2-7-18-10-15)13-16-6-9-21(14-16)24(22,23)17-5-3-8-19-11-17/h2-5,7-8,10-11,16H,6,9,12-14H2,1H3. The first-order valence-electron chi connectivity index (χ1n) is 8.03. The van der Waals surface area contributed by atoms with Crippen LogP contribution in [0.2, 0.25) is 0 Å². The minimum absolute atomic E-state index is 0.273. The molecule has 1 aliphatic rings. The molecule has 0 radical (unpaired) electrons. The molecule has 0 spiro atoms. The Morgan fingerprint density at radius 1 is 1.21 bits per heavy atom. The van der Waals surface area contributed by atoms with Crippen LogP contribution in [0.1, 0.15) is 12.0 Å². The zero-order valence-electron chi connectivity index (χ0n) is 13.7. The van der Waals surface area contributed by atoms with Gasteiger partial charge in [0.1, 0.15) is 4.90 Å². The highest BCUT2D eigenvalue weighted by Gasteiger charge is 2.32. The van der Waals surface area contributed by atoms with Crippen molar-refractivity contribution in [3.63, 3.8) is 0 Å². The van der Waals surface area contributed by atoms with Crippen molar-refractivity contribution in [3.05, 3.63) is 54.6 Å². The average Bonchev–Trinajstić information content (AvgIpc) is 3.05. The van der Waals surface area contributed by atoms with E-state index >= 15 is 0 Å². The molecule has 1 fully saturated rings. The van der Waals surface area contributed by atoms with Crippen LogP contribution in [0.15, 0.2) is 53.9 Å². The Labute approximate surface area is 143 Å². The van der Waals surface area contributed by atoms with E-state index in [1.165, 1.54) is 6.20 Å². The number of pyridine rings is 2. The third kappa shape index (κ3) is 3.98. The maximum absolute atomic E-state index is 12.6. The van der Waals surface area contributed by atoms with Crippen LogP contribution in [0.25, 0.3) is 0 Å². The molecule has 7 heteroatoms. The molecule has 1 aliphatic heterocycles. The van der Waals surface area contributed by atoms with Crippen LogP contribution in [0.4, 0.5) is 0 Å². The van der Waals surface area contributed by atoms with Gasteiger partial charge in [-0.1, -0.05) is 6.07 Å². The summed E-state index contributed by atoms with van der Waals surface area (Å²) in [6.45, 7) is 2.82. The topological polar surface area (TPSA) is 66.4 Å². The Bertz CT molecular complexity index is 753. The Kier molecular flexibility index (Phi) is 5.23. The lowest BCUT2D eigenvalue weighted by atomic mass is 10.1. The van der Waals surface area contributed by atoms with Crippen molar-refractivity contribution in [3.8, 4) is 0 Å². The van der Waals surface area contributed by atoms with Crippen LogP contribution >= 0.6 is 0 Å². The van der Waals surface area contributed by atoms with Gasteiger partial charge in [0.25, 0.3) is 0 Å². The first kappa shape index (κ1) is 17.0. The van der Waals surface area contributed by atoms with Crippen molar-refractivity contribution in [1.29, 1.82) is 0 Å². The van der Waals surface area contributed by atoms with E-state index in [4.69, 9.17) is 0 Å². The van der Waals surface area contributed by atoms with E-state index in [-0.39, 0.29) is 4.90 Å². The molecule has 0 saturated carbocycles. The third-order valence-electron chi connectivity index (χ3n) is 4.27. The number of hydrogen-bond donors (Lipinski definition) is 0. The summed E-state index contributed by atoms with van der Waals surface area (Å²) < 4.78 is 26.8. The highest BCUT2D eigenvalue weighted by molar-refractivity contribution is 7.89. The summed E-state index contributed by atoms with van der Waals surface area (Å²) in [5, 5.41) is 0. The van der Waals surface area contributed by atoms with Crippen molar-refractivity contribution < 1.29 is 8.42 Å². The molecular weight excluding hydrogens is 324 g/mol. The molecule has 0 amide bonds. The van der Waals surface area contributed by atoms with Crippen molar-refractivity contribution >= 4 is 10.0 Å². The number of sulfonamides is 1. The quantitative estimate of drug-likeness (QED) is 0.795. The summed E-state index contributed by atoms with van der Waals surface area (Å²) in [4.78, 5) is 10.5. The van der Waals surface area contributed by atoms with Crippen molar-refractivity contribution in [2.24, 2.45) is 5.92 Å². The molecule has 1 saturated heterocycles. The van der Waals surface area contributed by atoms with Gasteiger partial charge in [0.2, 0.25) is 10.0 Å². The third-order valence-corrected chi connectivity index (χ3v) is 6.11. The van der Waals surface area contributed by atoms with Gasteiger partial charge in [-0.25, -0.2) is 8.42 Å². The van der Waals surface area contributed by atoms with Crippen molar-refractivity contribution in [1.82, 2.24) is 19.2 Å². The fourth-order valence-corrected chi connectivity index (χ4v) is 4.62. The van der Waals surface area contributed by atoms with Crippen molar-refractivity contribution in [2.75, 3.05) is 26.7 Å². The summed E-state index contributed by atoms with van der Waals surface area (Å²) >= 11 is 0. The molecular formula is C17H22N4O2S. The fraction of sp³-hybridized carbons (Fsp3) is 0.412. The van der Waals surface area contributed by atoms with Gasteiger partial charge in [-0.2, -0.15) is 4.31 Å². The Morgan fingerprint density at radius 3 is 2.62 bits per heavy atom. The minimum Gasteiger partial charge on any atom is -0.302 e. The van der Waals surface area contributed by atoms with Crippen LogP contribution in [-0.2, 0) is 16.6 Å². The highest BCUT2D eigenvalue weighted by Crippen LogP contribution is 2.24. The van der Waals surface area contributed by atoms with Crippen molar-refractivity contribution in [2.45, 2.75) is 17.9 Å². The second-order valence-corrected chi connectivity index (χ2v) is 8.20. The van der Waals surface area contributed by atoms with E-state index < -0.39 is 10.0 Å². The molecule has 3 rings (SSSR count). The lowest BCUT2D eigenvalue weighted by Crippen LogP contribution is -2.31. The van der Waals surface area contributed by atoms with Crippen LogP contribution in [0.5, 0.6) is 0 Å². The first-order valence-corrected chi connectivity index (χ1v) is 9.47. The number of aromatic nitrogens is 2. The minimum atomic E-state index is -3.42. The molecule has 1 unspecified atom stereocenters. The summed E-state index contributed by atoms with van der Waals surface area (Å²) in [6, 6.07) is 7.24. The van der Waals surface area contributed by atoms with Crippen LogP contribution in [0.3, 0.4) is 0 Å². The van der Waals surface area contributed by atoms with Gasteiger partial charge >= 0.3 is 0 Å². The molecule has 0 aromatic carbocycles. The van der Waals surface area contributed by atoms with Gasteiger partial charge in [-0.15, -0.1) is 0 Å². The van der Waals surface area contributed by atoms with E-state index in [1.807, 2.05) is 12.3 Å². The lowest BCUT2D eigenvalue weighted by Gasteiger charge is -2.21. The maximum Gasteiger partial charge on any atom is 0.244 e. The summed E-state index contributed by atoms with van der Waals surface area (Å²) in [5.41, 5.74) is 1.16. The smallest absolute Gasteiger partial charge is 0.244 e. The molecule has 24 heavy (non-hydrogen) atoms. The summed E-state index contributed by atoms with van der Waals surface area (Å²) in [7, 11) is -1.36. The molecule has 6 nitrogen and oxygen atoms in total. The largest absolute Gasteiger partial charge is 0.302 e. The molecule has 128 valence electrons. The SMILES string of the molecule is CN(Cc1cccnc1)CC1CCN(S(=O)(=O)c2cccnc2)C1. The molecule has 0 N–H and O–H groups in total. The van der Waals surface area contributed by atoms with E-state index in [2.05, 4.69) is 28.0 Å². The molecule has 0 aliphatic carbocycles. The average molecular weight is 346 g/mol. The molecule has 3 heterocycles. The highest BCUT2D eigenvalue weighted by atomic mass is 32.2. The fourth-order valence-electron chi connectivity index (χ4n) is 3.12. The Morgan fingerprint density at radius 2 is 1.96 bits per heavy atom. The lowest BCUT2D eigenvalue weighted by molar-refractivity contribution is 0.273. The number of nitrogens with zero attached hydrogens (tertiary/aromatic N) is 4. The van der Waals surface area contributed by atoms with E-state index in [0.29, 0.717) is 19.0 Å². The Balaban J connectivity index is 1.57. The van der Waals surface area contributed by atoms with E-state index in [0.717, 1.165) is 25.1 Å². The van der Waals surface area contributed by atoms with E-state index in [1.54, 1.807) is 28.8 Å².